The van der Waals surface area contributed by atoms with E-state index in [0.717, 1.165) is 18.7 Å². The van der Waals surface area contributed by atoms with Crippen LogP contribution in [-0.4, -0.2) is 21.8 Å². The summed E-state index contributed by atoms with van der Waals surface area (Å²) in [6.07, 6.45) is 1.03. The second-order valence-electron chi connectivity index (χ2n) is 6.42. The van der Waals surface area contributed by atoms with E-state index in [0.29, 0.717) is 11.8 Å². The molecule has 0 aliphatic carbocycles. The molecule has 0 saturated heterocycles. The Morgan fingerprint density at radius 1 is 1.10 bits per heavy atom. The van der Waals surface area contributed by atoms with Crippen LogP contribution in [-0.2, 0) is 10.8 Å². The van der Waals surface area contributed by atoms with Gasteiger partial charge in [0.2, 0.25) is 0 Å². The smallest absolute Gasteiger partial charge is 0.0565 e. The molecular formula is C18H31NOS. The molecule has 3 unspecified atom stereocenters. The SMILES string of the molecule is CCNC(c1ccccc1)C(C(C)C)S(=O)CCC(C)C. The van der Waals surface area contributed by atoms with Crippen LogP contribution in [0.2, 0.25) is 0 Å². The van der Waals surface area contributed by atoms with E-state index in [1.807, 2.05) is 6.07 Å². The quantitative estimate of drug-likeness (QED) is 0.742. The Morgan fingerprint density at radius 3 is 2.19 bits per heavy atom. The van der Waals surface area contributed by atoms with Crippen LogP contribution < -0.4 is 5.32 Å². The van der Waals surface area contributed by atoms with E-state index in [9.17, 15) is 4.21 Å². The maximum Gasteiger partial charge on any atom is 0.0565 e. The minimum Gasteiger partial charge on any atom is -0.309 e. The maximum absolute atomic E-state index is 12.8. The van der Waals surface area contributed by atoms with Crippen molar-refractivity contribution in [3.8, 4) is 0 Å². The van der Waals surface area contributed by atoms with Crippen molar-refractivity contribution >= 4 is 10.8 Å². The normalized spacial score (nSPS) is 16.1. The molecule has 1 aromatic carbocycles. The molecule has 3 atom stereocenters. The summed E-state index contributed by atoms with van der Waals surface area (Å²) in [5.74, 6) is 1.80. The molecule has 0 aromatic heterocycles. The molecule has 0 bridgehead atoms. The Hall–Kier alpha value is -0.670. The summed E-state index contributed by atoms with van der Waals surface area (Å²) in [4.78, 5) is 0. The predicted octanol–water partition coefficient (Wildman–Crippen LogP) is 4.16. The molecule has 0 fully saturated rings. The average Bonchev–Trinajstić information content (AvgIpc) is 2.45. The highest BCUT2D eigenvalue weighted by Gasteiger charge is 2.30. The highest BCUT2D eigenvalue weighted by Crippen LogP contribution is 2.27. The summed E-state index contributed by atoms with van der Waals surface area (Å²) in [5.41, 5.74) is 1.25. The molecule has 0 heterocycles. The highest BCUT2D eigenvalue weighted by atomic mass is 32.2. The van der Waals surface area contributed by atoms with Gasteiger partial charge in [-0.05, 0) is 30.4 Å². The standard InChI is InChI=1S/C18H31NOS/c1-6-19-17(16-10-8-7-9-11-16)18(15(4)5)21(20)13-12-14(2)3/h7-11,14-15,17-19H,6,12-13H2,1-5H3. The summed E-state index contributed by atoms with van der Waals surface area (Å²) in [5, 5.41) is 3.71. The molecule has 120 valence electrons. The van der Waals surface area contributed by atoms with Gasteiger partial charge in [0.1, 0.15) is 0 Å². The van der Waals surface area contributed by atoms with Gasteiger partial charge in [0.05, 0.1) is 5.25 Å². The predicted molar refractivity (Wildman–Crippen MR) is 94.0 cm³/mol. The summed E-state index contributed by atoms with van der Waals surface area (Å²) >= 11 is 0. The van der Waals surface area contributed by atoms with Gasteiger partial charge in [0, 0.05) is 22.6 Å². The zero-order valence-electron chi connectivity index (χ0n) is 14.1. The van der Waals surface area contributed by atoms with E-state index in [1.54, 1.807) is 0 Å². The zero-order valence-corrected chi connectivity index (χ0v) is 15.0. The largest absolute Gasteiger partial charge is 0.309 e. The molecule has 0 spiro atoms. The van der Waals surface area contributed by atoms with Crippen molar-refractivity contribution in [2.24, 2.45) is 11.8 Å². The molecule has 0 radical (unpaired) electrons. The monoisotopic (exact) mass is 309 g/mol. The number of hydrogen-bond donors (Lipinski definition) is 1. The molecule has 1 N–H and O–H groups in total. The van der Waals surface area contributed by atoms with E-state index >= 15 is 0 Å². The minimum absolute atomic E-state index is 0.158. The van der Waals surface area contributed by atoms with Crippen molar-refractivity contribution in [2.75, 3.05) is 12.3 Å². The van der Waals surface area contributed by atoms with Crippen molar-refractivity contribution in [1.82, 2.24) is 5.32 Å². The first kappa shape index (κ1) is 18.4. The van der Waals surface area contributed by atoms with Crippen LogP contribution in [0, 0.1) is 11.8 Å². The van der Waals surface area contributed by atoms with E-state index in [4.69, 9.17) is 0 Å². The topological polar surface area (TPSA) is 29.1 Å². The van der Waals surface area contributed by atoms with Gasteiger partial charge in [0.15, 0.2) is 0 Å². The van der Waals surface area contributed by atoms with Crippen molar-refractivity contribution in [3.05, 3.63) is 35.9 Å². The summed E-state index contributed by atoms with van der Waals surface area (Å²) < 4.78 is 12.8. The van der Waals surface area contributed by atoms with Crippen LogP contribution in [0.25, 0.3) is 0 Å². The molecular weight excluding hydrogens is 278 g/mol. The van der Waals surface area contributed by atoms with E-state index in [2.05, 4.69) is 64.2 Å². The lowest BCUT2D eigenvalue weighted by molar-refractivity contribution is 0.442. The Bertz CT molecular complexity index is 416. The number of benzene rings is 1. The Balaban J connectivity index is 2.95. The lowest BCUT2D eigenvalue weighted by Crippen LogP contribution is -2.39. The minimum atomic E-state index is -0.803. The summed E-state index contributed by atoms with van der Waals surface area (Å²) in [6.45, 7) is 11.8. The first-order valence-corrected chi connectivity index (χ1v) is 9.51. The van der Waals surface area contributed by atoms with Crippen LogP contribution in [0.1, 0.15) is 52.6 Å². The number of hydrogen-bond acceptors (Lipinski definition) is 2. The Labute approximate surface area is 133 Å². The van der Waals surface area contributed by atoms with E-state index in [1.165, 1.54) is 5.56 Å². The van der Waals surface area contributed by atoms with Gasteiger partial charge in [-0.25, -0.2) is 0 Å². The molecule has 0 aliphatic heterocycles. The fourth-order valence-electron chi connectivity index (χ4n) is 2.63. The van der Waals surface area contributed by atoms with Crippen LogP contribution in [0.5, 0.6) is 0 Å². The summed E-state index contributed by atoms with van der Waals surface area (Å²) in [7, 11) is -0.803. The van der Waals surface area contributed by atoms with E-state index < -0.39 is 10.8 Å². The van der Waals surface area contributed by atoms with Crippen molar-refractivity contribution < 1.29 is 4.21 Å². The third-order valence-electron chi connectivity index (χ3n) is 3.77. The third kappa shape index (κ3) is 5.91. The summed E-state index contributed by atoms with van der Waals surface area (Å²) in [6, 6.07) is 10.6. The number of rotatable bonds is 9. The average molecular weight is 310 g/mol. The van der Waals surface area contributed by atoms with Gasteiger partial charge in [0.25, 0.3) is 0 Å². The molecule has 0 aliphatic rings. The van der Waals surface area contributed by atoms with Gasteiger partial charge in [-0.15, -0.1) is 0 Å². The van der Waals surface area contributed by atoms with Gasteiger partial charge in [-0.1, -0.05) is 65.0 Å². The fourth-order valence-corrected chi connectivity index (χ4v) is 4.77. The second kappa shape index (κ2) is 9.37. The molecule has 1 rings (SSSR count). The van der Waals surface area contributed by atoms with Gasteiger partial charge in [-0.3, -0.25) is 4.21 Å². The lowest BCUT2D eigenvalue weighted by atomic mass is 9.96. The van der Waals surface area contributed by atoms with Gasteiger partial charge >= 0.3 is 0 Å². The van der Waals surface area contributed by atoms with Crippen LogP contribution >= 0.6 is 0 Å². The number of nitrogens with one attached hydrogen (secondary N) is 1. The first-order valence-electron chi connectivity index (χ1n) is 8.12. The maximum atomic E-state index is 12.8. The molecule has 2 nitrogen and oxygen atoms in total. The van der Waals surface area contributed by atoms with Crippen LogP contribution in [0.3, 0.4) is 0 Å². The Morgan fingerprint density at radius 2 is 1.71 bits per heavy atom. The van der Waals surface area contributed by atoms with Crippen molar-refractivity contribution in [3.63, 3.8) is 0 Å². The van der Waals surface area contributed by atoms with E-state index in [-0.39, 0.29) is 11.3 Å². The Kier molecular flexibility index (Phi) is 8.20. The van der Waals surface area contributed by atoms with Gasteiger partial charge in [-0.2, -0.15) is 0 Å². The molecule has 0 amide bonds. The molecule has 0 saturated carbocycles. The third-order valence-corrected chi connectivity index (χ3v) is 5.83. The lowest BCUT2D eigenvalue weighted by Gasteiger charge is -2.31. The van der Waals surface area contributed by atoms with Crippen LogP contribution in [0.15, 0.2) is 30.3 Å². The first-order chi connectivity index (χ1) is 9.97. The van der Waals surface area contributed by atoms with Gasteiger partial charge < -0.3 is 5.32 Å². The van der Waals surface area contributed by atoms with Crippen molar-refractivity contribution in [2.45, 2.75) is 52.3 Å². The molecule has 1 aromatic rings. The molecule has 3 heteroatoms. The van der Waals surface area contributed by atoms with Crippen LogP contribution in [0.4, 0.5) is 0 Å². The zero-order chi connectivity index (χ0) is 15.8. The highest BCUT2D eigenvalue weighted by molar-refractivity contribution is 7.85. The van der Waals surface area contributed by atoms with Crippen molar-refractivity contribution in [1.29, 1.82) is 0 Å². The molecule has 21 heavy (non-hydrogen) atoms. The second-order valence-corrected chi connectivity index (χ2v) is 8.14. The fraction of sp³-hybridized carbons (Fsp3) is 0.667.